The molecule has 45 heavy (non-hydrogen) atoms. The Morgan fingerprint density at radius 2 is 1.22 bits per heavy atom. The lowest BCUT2D eigenvalue weighted by molar-refractivity contribution is 0.534. The highest BCUT2D eigenvalue weighted by Gasteiger charge is 2.50. The van der Waals surface area contributed by atoms with Crippen LogP contribution in [0.25, 0.3) is 50.3 Å². The summed E-state index contributed by atoms with van der Waals surface area (Å²) in [7, 11) is 0. The first-order valence-electron chi connectivity index (χ1n) is 15.4. The van der Waals surface area contributed by atoms with Gasteiger partial charge in [-0.3, -0.25) is 4.90 Å². The lowest BCUT2D eigenvalue weighted by Gasteiger charge is -2.38. The van der Waals surface area contributed by atoms with Crippen LogP contribution in [0.4, 0.5) is 11.6 Å². The standard InChI is InChI=1S/C40H29N5/c1-40-26-14-13-22-33(40)32-25-24-31-30-21-11-12-23-34(30)44(29-19-9-4-10-20-29)35(31)36(32)45(40)39-42-37(27-15-5-2-6-16-27)41-38(43-39)28-17-7-3-8-18-28/h2-26,33H,1H3. The lowest BCUT2D eigenvalue weighted by Crippen LogP contribution is -2.43. The van der Waals surface area contributed by atoms with Gasteiger partial charge in [-0.25, -0.2) is 4.98 Å². The van der Waals surface area contributed by atoms with E-state index in [9.17, 15) is 0 Å². The zero-order chi connectivity index (χ0) is 30.0. The number of hydrogen-bond acceptors (Lipinski definition) is 4. The Labute approximate surface area is 261 Å². The summed E-state index contributed by atoms with van der Waals surface area (Å²) in [6.07, 6.45) is 8.93. The van der Waals surface area contributed by atoms with Crippen LogP contribution in [0.15, 0.2) is 152 Å². The molecule has 5 aromatic carbocycles. The molecular formula is C40H29N5. The van der Waals surface area contributed by atoms with Gasteiger partial charge in [-0.05, 0) is 30.7 Å². The van der Waals surface area contributed by atoms with Crippen molar-refractivity contribution in [3.05, 3.63) is 157 Å². The number of rotatable bonds is 4. The maximum Gasteiger partial charge on any atom is 0.234 e. The fraction of sp³-hybridized carbons (Fsp3) is 0.0750. The molecule has 0 spiro atoms. The molecule has 0 bridgehead atoms. The molecule has 2 aliphatic rings. The van der Waals surface area contributed by atoms with Crippen molar-refractivity contribution in [2.24, 2.45) is 0 Å². The van der Waals surface area contributed by atoms with Gasteiger partial charge in [0.05, 0.1) is 22.3 Å². The van der Waals surface area contributed by atoms with Crippen molar-refractivity contribution in [1.29, 1.82) is 0 Å². The third-order valence-corrected chi connectivity index (χ3v) is 9.26. The van der Waals surface area contributed by atoms with Gasteiger partial charge in [0.2, 0.25) is 5.95 Å². The van der Waals surface area contributed by atoms with Crippen LogP contribution in [0.3, 0.4) is 0 Å². The zero-order valence-electron chi connectivity index (χ0n) is 24.7. The molecule has 214 valence electrons. The van der Waals surface area contributed by atoms with E-state index in [-0.39, 0.29) is 5.92 Å². The molecule has 5 heteroatoms. The number of allylic oxidation sites excluding steroid dienone is 2. The van der Waals surface area contributed by atoms with Crippen LogP contribution < -0.4 is 4.90 Å². The molecule has 0 saturated heterocycles. The number of hydrogen-bond donors (Lipinski definition) is 0. The Morgan fingerprint density at radius 3 is 1.91 bits per heavy atom. The van der Waals surface area contributed by atoms with Crippen LogP contribution in [0.1, 0.15) is 18.4 Å². The summed E-state index contributed by atoms with van der Waals surface area (Å²) in [4.78, 5) is 17.9. The van der Waals surface area contributed by atoms with Gasteiger partial charge in [0.25, 0.3) is 0 Å². The summed E-state index contributed by atoms with van der Waals surface area (Å²) >= 11 is 0. The van der Waals surface area contributed by atoms with Gasteiger partial charge in [0, 0.05) is 33.5 Å². The lowest BCUT2D eigenvalue weighted by atomic mass is 9.80. The Balaban J connectivity index is 1.40. The van der Waals surface area contributed by atoms with E-state index in [4.69, 9.17) is 15.0 Å². The summed E-state index contributed by atoms with van der Waals surface area (Å²) in [5.41, 5.74) is 7.30. The van der Waals surface area contributed by atoms with Crippen molar-refractivity contribution >= 4 is 33.4 Å². The second kappa shape index (κ2) is 9.86. The van der Waals surface area contributed by atoms with E-state index in [0.717, 1.165) is 28.0 Å². The highest BCUT2D eigenvalue weighted by Crippen LogP contribution is 2.56. The number of para-hydroxylation sites is 2. The largest absolute Gasteiger partial charge is 0.307 e. The third kappa shape index (κ3) is 3.84. The first-order valence-corrected chi connectivity index (χ1v) is 15.4. The number of anilines is 2. The molecule has 1 aliphatic carbocycles. The van der Waals surface area contributed by atoms with Gasteiger partial charge >= 0.3 is 0 Å². The summed E-state index contributed by atoms with van der Waals surface area (Å²) in [5.74, 6) is 2.05. The summed E-state index contributed by atoms with van der Waals surface area (Å²) in [6.45, 7) is 2.30. The van der Waals surface area contributed by atoms with Gasteiger partial charge in [-0.1, -0.05) is 133 Å². The molecule has 0 amide bonds. The van der Waals surface area contributed by atoms with Gasteiger partial charge < -0.3 is 4.57 Å². The maximum absolute atomic E-state index is 5.25. The Kier molecular flexibility index (Phi) is 5.62. The van der Waals surface area contributed by atoms with Crippen LogP contribution in [0.5, 0.6) is 0 Å². The molecule has 0 fully saturated rings. The minimum atomic E-state index is -0.438. The minimum Gasteiger partial charge on any atom is -0.307 e. The number of nitrogens with zero attached hydrogens (tertiary/aromatic N) is 5. The molecule has 3 heterocycles. The topological polar surface area (TPSA) is 46.8 Å². The Morgan fingerprint density at radius 1 is 0.600 bits per heavy atom. The van der Waals surface area contributed by atoms with Crippen molar-refractivity contribution in [3.63, 3.8) is 0 Å². The fourth-order valence-electron chi connectivity index (χ4n) is 7.20. The third-order valence-electron chi connectivity index (χ3n) is 9.26. The quantitative estimate of drug-likeness (QED) is 0.208. The zero-order valence-corrected chi connectivity index (χ0v) is 24.7. The van der Waals surface area contributed by atoms with Crippen molar-refractivity contribution in [3.8, 4) is 28.5 Å². The SMILES string of the molecule is CC12C=CC=CC1c1ccc3c4ccccc4n(-c4ccccc4)c3c1N2c1nc(-c2ccccc2)nc(-c2ccccc2)n1. The highest BCUT2D eigenvalue weighted by atomic mass is 15.3. The van der Waals surface area contributed by atoms with E-state index in [1.807, 2.05) is 36.4 Å². The van der Waals surface area contributed by atoms with Crippen LogP contribution in [0, 0.1) is 0 Å². The van der Waals surface area contributed by atoms with Crippen molar-refractivity contribution in [2.75, 3.05) is 4.90 Å². The highest BCUT2D eigenvalue weighted by molar-refractivity contribution is 6.15. The molecule has 2 unspecified atom stereocenters. The van der Waals surface area contributed by atoms with Crippen LogP contribution in [0.2, 0.25) is 0 Å². The molecule has 9 rings (SSSR count). The smallest absolute Gasteiger partial charge is 0.234 e. The monoisotopic (exact) mass is 579 g/mol. The van der Waals surface area contributed by atoms with Crippen LogP contribution >= 0.6 is 0 Å². The van der Waals surface area contributed by atoms with Gasteiger partial charge in [0.15, 0.2) is 11.6 Å². The summed E-state index contributed by atoms with van der Waals surface area (Å²) in [6, 6.07) is 44.3. The molecule has 0 N–H and O–H groups in total. The molecular weight excluding hydrogens is 550 g/mol. The van der Waals surface area contributed by atoms with Gasteiger partial charge in [-0.15, -0.1) is 0 Å². The predicted octanol–water partition coefficient (Wildman–Crippen LogP) is 9.42. The number of aromatic nitrogens is 4. The van der Waals surface area contributed by atoms with Crippen molar-refractivity contribution in [2.45, 2.75) is 18.4 Å². The van der Waals surface area contributed by atoms with Gasteiger partial charge in [-0.2, -0.15) is 9.97 Å². The summed E-state index contributed by atoms with van der Waals surface area (Å²) in [5, 5.41) is 2.42. The average molecular weight is 580 g/mol. The van der Waals surface area contributed by atoms with Crippen molar-refractivity contribution < 1.29 is 0 Å². The molecule has 7 aromatic rings. The van der Waals surface area contributed by atoms with E-state index in [2.05, 4.69) is 132 Å². The summed E-state index contributed by atoms with van der Waals surface area (Å²) < 4.78 is 2.40. The minimum absolute atomic E-state index is 0.112. The van der Waals surface area contributed by atoms with E-state index in [1.165, 1.54) is 21.9 Å². The molecule has 5 nitrogen and oxygen atoms in total. The van der Waals surface area contributed by atoms with E-state index < -0.39 is 5.54 Å². The maximum atomic E-state index is 5.25. The van der Waals surface area contributed by atoms with Crippen molar-refractivity contribution in [1.82, 2.24) is 19.5 Å². The number of fused-ring (bicyclic) bond motifs is 7. The fourth-order valence-corrected chi connectivity index (χ4v) is 7.20. The van der Waals surface area contributed by atoms with Gasteiger partial charge in [0.1, 0.15) is 0 Å². The molecule has 1 aliphatic heterocycles. The molecule has 2 aromatic heterocycles. The molecule has 0 radical (unpaired) electrons. The van der Waals surface area contributed by atoms with Crippen LogP contribution in [-0.4, -0.2) is 25.1 Å². The second-order valence-electron chi connectivity index (χ2n) is 11.9. The van der Waals surface area contributed by atoms with E-state index >= 15 is 0 Å². The first-order chi connectivity index (χ1) is 22.2. The second-order valence-corrected chi connectivity index (χ2v) is 11.9. The average Bonchev–Trinajstić information content (AvgIpc) is 3.58. The first kappa shape index (κ1) is 25.7. The number of benzene rings is 5. The molecule has 2 atom stereocenters. The van der Waals surface area contributed by atoms with E-state index in [1.54, 1.807) is 0 Å². The normalized spacial score (nSPS) is 18.4. The Hall–Kier alpha value is -5.81. The predicted molar refractivity (Wildman–Crippen MR) is 183 cm³/mol. The molecule has 0 saturated carbocycles. The Bertz CT molecular complexity index is 2230. The van der Waals surface area contributed by atoms with E-state index in [0.29, 0.717) is 17.6 Å². The van der Waals surface area contributed by atoms with Crippen LogP contribution in [-0.2, 0) is 0 Å².